The molecule has 0 saturated heterocycles. The fourth-order valence-corrected chi connectivity index (χ4v) is 1.94. The average molecular weight is 268 g/mol. The number of H-pyrrole nitrogens is 1. The van der Waals surface area contributed by atoms with Gasteiger partial charge in [0.25, 0.3) is 0 Å². The molecular weight excluding hydrogens is 252 g/mol. The van der Waals surface area contributed by atoms with E-state index in [-0.39, 0.29) is 0 Å². The maximum absolute atomic E-state index is 11.8. The lowest BCUT2D eigenvalue weighted by Crippen LogP contribution is -2.29. The molecule has 6 nitrogen and oxygen atoms in total. The smallest absolute Gasteiger partial charge is 0.179 e. The topological polar surface area (TPSA) is 87.7 Å². The van der Waals surface area contributed by atoms with E-state index < -0.39 is 14.6 Å². The van der Waals surface area contributed by atoms with Gasteiger partial charge in [0.15, 0.2) is 15.5 Å². The van der Waals surface area contributed by atoms with Crippen LogP contribution in [0.4, 0.5) is 5.82 Å². The molecule has 0 atom stereocenters. The van der Waals surface area contributed by atoms with Crippen LogP contribution in [0.3, 0.4) is 0 Å². The van der Waals surface area contributed by atoms with Crippen LogP contribution >= 0.6 is 0 Å². The van der Waals surface area contributed by atoms with Crippen molar-refractivity contribution in [2.75, 3.05) is 18.6 Å². The highest BCUT2D eigenvalue weighted by Gasteiger charge is 2.35. The number of fused-ring (bicyclic) bond motifs is 1. The molecule has 7 heteroatoms. The van der Waals surface area contributed by atoms with Gasteiger partial charge in [-0.05, 0) is 26.0 Å². The second kappa shape index (κ2) is 3.94. The molecule has 0 aliphatic heterocycles. The lowest BCUT2D eigenvalue weighted by atomic mass is 10.2. The van der Waals surface area contributed by atoms with Crippen LogP contribution in [0.2, 0.25) is 0 Å². The minimum Gasteiger partial charge on any atom is -0.373 e. The van der Waals surface area contributed by atoms with Gasteiger partial charge in [0.2, 0.25) is 0 Å². The van der Waals surface area contributed by atoms with E-state index in [9.17, 15) is 8.42 Å². The molecule has 0 bridgehead atoms. The Morgan fingerprint density at radius 3 is 2.50 bits per heavy atom. The lowest BCUT2D eigenvalue weighted by molar-refractivity contribution is 0.552. The zero-order valence-electron chi connectivity index (χ0n) is 10.8. The van der Waals surface area contributed by atoms with Crippen molar-refractivity contribution in [3.05, 3.63) is 18.0 Å². The first kappa shape index (κ1) is 12.8. The van der Waals surface area contributed by atoms with Crippen molar-refractivity contribution < 1.29 is 8.42 Å². The fourth-order valence-electron chi connectivity index (χ4n) is 1.49. The van der Waals surface area contributed by atoms with Gasteiger partial charge >= 0.3 is 0 Å². The number of nitrogens with zero attached hydrogens (tertiary/aromatic N) is 2. The second-order valence-corrected chi connectivity index (χ2v) is 7.25. The average Bonchev–Trinajstić information content (AvgIpc) is 2.70. The van der Waals surface area contributed by atoms with Gasteiger partial charge < -0.3 is 10.3 Å². The molecule has 0 spiro atoms. The number of anilines is 1. The number of imidazole rings is 1. The van der Waals surface area contributed by atoms with E-state index in [1.54, 1.807) is 27.0 Å². The van der Waals surface area contributed by atoms with Gasteiger partial charge in [-0.25, -0.2) is 18.4 Å². The molecule has 0 saturated carbocycles. The van der Waals surface area contributed by atoms with Crippen LogP contribution in [0.15, 0.2) is 12.1 Å². The van der Waals surface area contributed by atoms with Gasteiger partial charge in [0.1, 0.15) is 16.4 Å². The zero-order valence-corrected chi connectivity index (χ0v) is 11.6. The van der Waals surface area contributed by atoms with E-state index in [0.29, 0.717) is 17.3 Å². The molecule has 18 heavy (non-hydrogen) atoms. The number of rotatable bonds is 3. The summed E-state index contributed by atoms with van der Waals surface area (Å²) < 4.78 is 22.5. The van der Waals surface area contributed by atoms with Crippen molar-refractivity contribution in [1.82, 2.24) is 15.0 Å². The molecule has 0 amide bonds. The maximum atomic E-state index is 11.8. The van der Waals surface area contributed by atoms with Gasteiger partial charge in [-0.2, -0.15) is 0 Å². The largest absolute Gasteiger partial charge is 0.373 e. The number of hydrogen-bond donors (Lipinski definition) is 2. The highest BCUT2D eigenvalue weighted by atomic mass is 32.2. The summed E-state index contributed by atoms with van der Waals surface area (Å²) in [6, 6.07) is 3.63. The van der Waals surface area contributed by atoms with Gasteiger partial charge in [0.05, 0.1) is 5.52 Å². The normalized spacial score (nSPS) is 12.9. The summed E-state index contributed by atoms with van der Waals surface area (Å²) in [7, 11) is -1.49. The number of nitrogens with one attached hydrogen (secondary N) is 2. The molecule has 0 aliphatic carbocycles. The summed E-state index contributed by atoms with van der Waals surface area (Å²) >= 11 is 0. The fraction of sp³-hybridized carbons (Fsp3) is 0.455. The Labute approximate surface area is 106 Å². The Morgan fingerprint density at radius 2 is 1.94 bits per heavy atom. The van der Waals surface area contributed by atoms with Crippen molar-refractivity contribution in [1.29, 1.82) is 0 Å². The minimum atomic E-state index is -3.26. The van der Waals surface area contributed by atoms with Gasteiger partial charge in [-0.3, -0.25) is 0 Å². The first-order valence-corrected chi connectivity index (χ1v) is 7.39. The molecule has 0 fully saturated rings. The van der Waals surface area contributed by atoms with E-state index in [2.05, 4.69) is 20.3 Å². The van der Waals surface area contributed by atoms with Crippen molar-refractivity contribution in [3.8, 4) is 0 Å². The molecule has 2 rings (SSSR count). The quantitative estimate of drug-likeness (QED) is 0.875. The van der Waals surface area contributed by atoms with Gasteiger partial charge in [-0.1, -0.05) is 0 Å². The summed E-state index contributed by atoms with van der Waals surface area (Å²) in [4.78, 5) is 11.5. The molecule has 0 aromatic carbocycles. The van der Waals surface area contributed by atoms with E-state index >= 15 is 0 Å². The Bertz CT molecular complexity index is 688. The summed E-state index contributed by atoms with van der Waals surface area (Å²) in [5.41, 5.74) is 1.23. The molecule has 2 aromatic rings. The number of sulfone groups is 1. The van der Waals surface area contributed by atoms with Crippen LogP contribution < -0.4 is 5.32 Å². The van der Waals surface area contributed by atoms with Crippen LogP contribution in [0.25, 0.3) is 11.2 Å². The molecule has 0 radical (unpaired) electrons. The van der Waals surface area contributed by atoms with Gasteiger partial charge in [0, 0.05) is 13.3 Å². The Hall–Kier alpha value is -1.63. The number of aromatic amines is 1. The van der Waals surface area contributed by atoms with Crippen LogP contribution in [0.1, 0.15) is 19.7 Å². The molecule has 98 valence electrons. The van der Waals surface area contributed by atoms with Crippen LogP contribution in [0.5, 0.6) is 0 Å². The van der Waals surface area contributed by atoms with E-state index in [0.717, 1.165) is 5.52 Å². The maximum Gasteiger partial charge on any atom is 0.179 e. The Morgan fingerprint density at radius 1 is 1.28 bits per heavy atom. The van der Waals surface area contributed by atoms with E-state index in [4.69, 9.17) is 0 Å². The number of hydrogen-bond acceptors (Lipinski definition) is 5. The third-order valence-electron chi connectivity index (χ3n) is 3.10. The second-order valence-electron chi connectivity index (χ2n) is 4.69. The number of pyridine rings is 1. The number of aromatic nitrogens is 3. The van der Waals surface area contributed by atoms with Crippen molar-refractivity contribution in [2.24, 2.45) is 0 Å². The van der Waals surface area contributed by atoms with E-state index in [1.807, 2.05) is 6.07 Å². The monoisotopic (exact) mass is 268 g/mol. The lowest BCUT2D eigenvalue weighted by Gasteiger charge is -2.19. The zero-order chi connectivity index (χ0) is 13.6. The third-order valence-corrected chi connectivity index (χ3v) is 5.15. The first-order valence-electron chi connectivity index (χ1n) is 5.50. The van der Waals surface area contributed by atoms with Crippen molar-refractivity contribution >= 4 is 26.8 Å². The summed E-state index contributed by atoms with van der Waals surface area (Å²) in [6.45, 7) is 3.25. The highest BCUT2D eigenvalue weighted by molar-refractivity contribution is 7.91. The van der Waals surface area contributed by atoms with E-state index in [1.165, 1.54) is 6.26 Å². The summed E-state index contributed by atoms with van der Waals surface area (Å²) in [5.74, 6) is 1.10. The standard InChI is InChI=1S/C11H16N4O2S/c1-11(2,18(4,16)17)10-13-7-5-6-8(12-3)14-9(7)15-10/h5-6H,1-4H3,(H2,12,13,14,15). The molecule has 0 aliphatic rings. The van der Waals surface area contributed by atoms with Crippen LogP contribution in [0, 0.1) is 0 Å². The van der Waals surface area contributed by atoms with Crippen molar-refractivity contribution in [3.63, 3.8) is 0 Å². The first-order chi connectivity index (χ1) is 8.25. The van der Waals surface area contributed by atoms with Crippen LogP contribution in [-0.4, -0.2) is 36.7 Å². The predicted molar refractivity (Wildman–Crippen MR) is 71.3 cm³/mol. The molecule has 0 unspecified atom stereocenters. The van der Waals surface area contributed by atoms with Crippen molar-refractivity contribution in [2.45, 2.75) is 18.6 Å². The third kappa shape index (κ3) is 1.94. The van der Waals surface area contributed by atoms with Gasteiger partial charge in [-0.15, -0.1) is 0 Å². The predicted octanol–water partition coefficient (Wildman–Crippen LogP) is 1.28. The Balaban J connectivity index is 2.61. The molecule has 2 aromatic heterocycles. The van der Waals surface area contributed by atoms with Crippen LogP contribution in [-0.2, 0) is 14.6 Å². The SMILES string of the molecule is CNc1ccc2[nH]c(C(C)(C)S(C)(=O)=O)nc2n1. The summed E-state index contributed by atoms with van der Waals surface area (Å²) in [5, 5.41) is 2.91. The molecule has 2 N–H and O–H groups in total. The Kier molecular flexibility index (Phi) is 2.81. The molecular formula is C11H16N4O2S. The summed E-state index contributed by atoms with van der Waals surface area (Å²) in [6.07, 6.45) is 1.20. The highest BCUT2D eigenvalue weighted by Crippen LogP contribution is 2.28. The molecule has 2 heterocycles. The minimum absolute atomic E-state index is 0.403.